The number of fused-ring (bicyclic) bond motifs is 1. The van der Waals surface area contributed by atoms with Crippen molar-refractivity contribution in [1.29, 1.82) is 0 Å². The predicted molar refractivity (Wildman–Crippen MR) is 106 cm³/mol. The van der Waals surface area contributed by atoms with Crippen molar-refractivity contribution in [2.45, 2.75) is 39.5 Å². The molecule has 0 N–H and O–H groups in total. The van der Waals surface area contributed by atoms with Crippen molar-refractivity contribution in [2.75, 3.05) is 6.61 Å². The van der Waals surface area contributed by atoms with Gasteiger partial charge in [0.2, 0.25) is 0 Å². The van der Waals surface area contributed by atoms with Crippen LogP contribution in [-0.4, -0.2) is 33.9 Å². The van der Waals surface area contributed by atoms with Gasteiger partial charge >= 0.3 is 6.61 Å². The lowest BCUT2D eigenvalue weighted by Crippen LogP contribution is -2.15. The topological polar surface area (TPSA) is 49.2 Å². The summed E-state index contributed by atoms with van der Waals surface area (Å²) in [6.45, 7) is 2.26. The second-order valence-electron chi connectivity index (χ2n) is 6.98. The van der Waals surface area contributed by atoms with E-state index in [-0.39, 0.29) is 16.9 Å². The highest BCUT2D eigenvalue weighted by Gasteiger charge is 2.24. The molecule has 1 atom stereocenters. The van der Waals surface area contributed by atoms with Crippen LogP contribution in [0.2, 0.25) is 5.02 Å². The number of hydrogen-bond acceptors (Lipinski definition) is 4. The quantitative estimate of drug-likeness (QED) is 0.587. The SMILES string of the molecule is Cc1cc(-c2nc(-c3ccc(OC(F)F)c(Cl)c3)n3c2CCOC(C)C3)ccn1. The monoisotopic (exact) mass is 419 g/mol. The summed E-state index contributed by atoms with van der Waals surface area (Å²) in [6, 6.07) is 8.67. The van der Waals surface area contributed by atoms with E-state index < -0.39 is 6.61 Å². The first-order valence-electron chi connectivity index (χ1n) is 9.31. The Morgan fingerprint density at radius 3 is 2.79 bits per heavy atom. The van der Waals surface area contributed by atoms with E-state index >= 15 is 0 Å². The van der Waals surface area contributed by atoms with Gasteiger partial charge in [0.1, 0.15) is 11.6 Å². The minimum atomic E-state index is -2.93. The molecule has 0 amide bonds. The molecule has 0 saturated heterocycles. The smallest absolute Gasteiger partial charge is 0.387 e. The fourth-order valence-electron chi connectivity index (χ4n) is 3.58. The van der Waals surface area contributed by atoms with E-state index in [2.05, 4.69) is 14.3 Å². The average molecular weight is 420 g/mol. The van der Waals surface area contributed by atoms with Crippen LogP contribution >= 0.6 is 11.6 Å². The maximum atomic E-state index is 12.5. The van der Waals surface area contributed by atoms with Crippen molar-refractivity contribution in [2.24, 2.45) is 0 Å². The first-order chi connectivity index (χ1) is 13.9. The Morgan fingerprint density at radius 1 is 1.24 bits per heavy atom. The van der Waals surface area contributed by atoms with Crippen molar-refractivity contribution in [1.82, 2.24) is 14.5 Å². The van der Waals surface area contributed by atoms with Crippen molar-refractivity contribution in [3.63, 3.8) is 0 Å². The van der Waals surface area contributed by atoms with Gasteiger partial charge in [-0.1, -0.05) is 11.6 Å². The molecule has 1 aliphatic heterocycles. The molecule has 0 aliphatic carbocycles. The van der Waals surface area contributed by atoms with E-state index in [0.717, 1.165) is 28.2 Å². The van der Waals surface area contributed by atoms with E-state index in [9.17, 15) is 8.78 Å². The lowest BCUT2D eigenvalue weighted by molar-refractivity contribution is -0.0497. The number of aryl methyl sites for hydroxylation is 1. The highest BCUT2D eigenvalue weighted by atomic mass is 35.5. The summed E-state index contributed by atoms with van der Waals surface area (Å²) >= 11 is 6.18. The zero-order chi connectivity index (χ0) is 20.5. The Hall–Kier alpha value is -2.51. The van der Waals surface area contributed by atoms with Gasteiger partial charge < -0.3 is 14.0 Å². The second kappa shape index (κ2) is 8.08. The minimum Gasteiger partial charge on any atom is -0.433 e. The molecule has 2 aromatic heterocycles. The molecule has 0 fully saturated rings. The van der Waals surface area contributed by atoms with Crippen LogP contribution in [0.4, 0.5) is 8.78 Å². The molecule has 29 heavy (non-hydrogen) atoms. The van der Waals surface area contributed by atoms with Crippen LogP contribution in [-0.2, 0) is 17.7 Å². The molecular weight excluding hydrogens is 400 g/mol. The Labute approximate surface area is 172 Å². The maximum Gasteiger partial charge on any atom is 0.387 e. The van der Waals surface area contributed by atoms with E-state index in [0.29, 0.717) is 25.4 Å². The highest BCUT2D eigenvalue weighted by molar-refractivity contribution is 6.32. The summed E-state index contributed by atoms with van der Waals surface area (Å²) in [5, 5.41) is 0.111. The van der Waals surface area contributed by atoms with Crippen LogP contribution in [0.1, 0.15) is 18.3 Å². The molecule has 0 radical (unpaired) electrons. The third-order valence-electron chi connectivity index (χ3n) is 4.83. The van der Waals surface area contributed by atoms with Crippen LogP contribution < -0.4 is 4.74 Å². The van der Waals surface area contributed by atoms with E-state index in [1.54, 1.807) is 18.3 Å². The van der Waals surface area contributed by atoms with Crippen LogP contribution in [0, 0.1) is 6.92 Å². The van der Waals surface area contributed by atoms with Gasteiger partial charge in [-0.25, -0.2) is 4.98 Å². The first kappa shape index (κ1) is 19.8. The van der Waals surface area contributed by atoms with E-state index in [4.69, 9.17) is 21.3 Å². The van der Waals surface area contributed by atoms with Gasteiger partial charge in [-0.3, -0.25) is 4.98 Å². The van der Waals surface area contributed by atoms with Gasteiger partial charge in [0, 0.05) is 35.1 Å². The molecule has 3 aromatic rings. The molecule has 0 spiro atoms. The fraction of sp³-hybridized carbons (Fsp3) is 0.333. The van der Waals surface area contributed by atoms with Gasteiger partial charge in [0.25, 0.3) is 0 Å². The lowest BCUT2D eigenvalue weighted by atomic mass is 10.1. The zero-order valence-corrected chi connectivity index (χ0v) is 16.8. The molecule has 1 aromatic carbocycles. The first-order valence-corrected chi connectivity index (χ1v) is 9.69. The van der Waals surface area contributed by atoms with Crippen molar-refractivity contribution in [3.05, 3.63) is 52.9 Å². The van der Waals surface area contributed by atoms with E-state index in [1.165, 1.54) is 6.07 Å². The van der Waals surface area contributed by atoms with Gasteiger partial charge in [0.05, 0.1) is 30.0 Å². The lowest BCUT2D eigenvalue weighted by Gasteiger charge is -2.13. The summed E-state index contributed by atoms with van der Waals surface area (Å²) in [4.78, 5) is 9.18. The molecule has 3 heterocycles. The predicted octanol–water partition coefficient (Wildman–Crippen LogP) is 5.14. The largest absolute Gasteiger partial charge is 0.433 e. The number of rotatable bonds is 4. The molecule has 0 saturated carbocycles. The molecule has 4 rings (SSSR count). The third-order valence-corrected chi connectivity index (χ3v) is 5.13. The van der Waals surface area contributed by atoms with Crippen LogP contribution in [0.25, 0.3) is 22.6 Å². The van der Waals surface area contributed by atoms with Gasteiger partial charge in [0.15, 0.2) is 0 Å². The van der Waals surface area contributed by atoms with Crippen LogP contribution in [0.5, 0.6) is 5.75 Å². The van der Waals surface area contributed by atoms with Gasteiger partial charge in [-0.2, -0.15) is 8.78 Å². The summed E-state index contributed by atoms with van der Waals surface area (Å²) in [5.74, 6) is 0.655. The number of imidazole rings is 1. The van der Waals surface area contributed by atoms with Crippen molar-refractivity contribution >= 4 is 11.6 Å². The zero-order valence-electron chi connectivity index (χ0n) is 16.0. The van der Waals surface area contributed by atoms with Crippen LogP contribution in [0.3, 0.4) is 0 Å². The number of alkyl halides is 2. The number of ether oxygens (including phenoxy) is 2. The molecule has 1 aliphatic rings. The summed E-state index contributed by atoms with van der Waals surface area (Å²) in [5.41, 5.74) is 4.54. The average Bonchev–Trinajstić information content (AvgIpc) is 2.90. The molecule has 1 unspecified atom stereocenters. The van der Waals surface area contributed by atoms with Gasteiger partial charge in [-0.15, -0.1) is 0 Å². The standard InChI is InChI=1S/C21H20ClF2N3O2/c1-12-9-14(5-7-25-12)19-17-6-8-28-13(2)11-27(17)20(26-19)15-3-4-18(16(22)10-15)29-21(23)24/h3-5,7,9-10,13,21H,6,8,11H2,1-2H3. The Kier molecular flexibility index (Phi) is 5.52. The number of hydrogen-bond donors (Lipinski definition) is 0. The Bertz CT molecular complexity index is 1040. The highest BCUT2D eigenvalue weighted by Crippen LogP contribution is 2.35. The summed E-state index contributed by atoms with van der Waals surface area (Å²) in [7, 11) is 0. The van der Waals surface area contributed by atoms with Crippen LogP contribution in [0.15, 0.2) is 36.5 Å². The van der Waals surface area contributed by atoms with Crippen molar-refractivity contribution in [3.8, 4) is 28.4 Å². The molecule has 152 valence electrons. The number of pyridine rings is 1. The minimum absolute atomic E-state index is 0.0214. The number of nitrogens with zero attached hydrogens (tertiary/aromatic N) is 3. The van der Waals surface area contributed by atoms with Gasteiger partial charge in [-0.05, 0) is 44.2 Å². The Morgan fingerprint density at radius 2 is 2.07 bits per heavy atom. The normalized spacial score (nSPS) is 16.6. The molecule has 5 nitrogen and oxygen atoms in total. The van der Waals surface area contributed by atoms with Crippen molar-refractivity contribution < 1.29 is 18.3 Å². The second-order valence-corrected chi connectivity index (χ2v) is 7.39. The number of benzene rings is 1. The maximum absolute atomic E-state index is 12.5. The number of halogens is 3. The summed E-state index contributed by atoms with van der Waals surface area (Å²) < 4.78 is 37.5. The van der Waals surface area contributed by atoms with E-state index in [1.807, 2.05) is 26.0 Å². The number of aromatic nitrogens is 3. The third kappa shape index (κ3) is 4.11. The Balaban J connectivity index is 1.84. The summed E-state index contributed by atoms with van der Waals surface area (Å²) in [6.07, 6.45) is 2.50. The molecular formula is C21H20ClF2N3O2. The molecule has 0 bridgehead atoms. The fourth-order valence-corrected chi connectivity index (χ4v) is 3.80. The molecule has 8 heteroatoms.